The van der Waals surface area contributed by atoms with Crippen LogP contribution in [0.4, 0.5) is 0 Å². The molecule has 354 valence electrons. The van der Waals surface area contributed by atoms with Crippen LogP contribution < -0.4 is 0 Å². The van der Waals surface area contributed by atoms with Gasteiger partial charge in [0.25, 0.3) is 0 Å². The highest BCUT2D eigenvalue weighted by atomic mass is 16.5. The number of ether oxygens (including phenoxy) is 2. The normalized spacial score (nSPS) is 11.9. The number of carbonyl (C=O) groups excluding carboxylic acids is 2. The predicted octanol–water partition coefficient (Wildman–Crippen LogP) is 19.2. The first-order valence-corrected chi connectivity index (χ1v) is 27.1. The lowest BCUT2D eigenvalue weighted by atomic mass is 9.98. The molecule has 0 aliphatic rings. The maximum Gasteiger partial charge on any atom is 0.306 e. The topological polar surface area (TPSA) is 52.6 Å². The van der Waals surface area contributed by atoms with E-state index in [4.69, 9.17) is 9.47 Å². The molecule has 0 aromatic heterocycles. The molecule has 1 atom stereocenters. The zero-order chi connectivity index (χ0) is 43.7. The summed E-state index contributed by atoms with van der Waals surface area (Å²) < 4.78 is 10.9. The third-order valence-corrected chi connectivity index (χ3v) is 12.5. The molecular formula is C55H110O4. The molecule has 59 heavy (non-hydrogen) atoms. The summed E-state index contributed by atoms with van der Waals surface area (Å²) in [6.07, 6.45) is 54.7. The fourth-order valence-corrected chi connectivity index (χ4v) is 8.15. The average Bonchev–Trinajstić information content (AvgIpc) is 3.22. The Labute approximate surface area is 372 Å². The van der Waals surface area contributed by atoms with Gasteiger partial charge in [-0.05, 0) is 43.9 Å². The predicted molar refractivity (Wildman–Crippen MR) is 261 cm³/mol. The van der Waals surface area contributed by atoms with E-state index >= 15 is 0 Å². The van der Waals surface area contributed by atoms with Crippen LogP contribution in [0.1, 0.15) is 318 Å². The van der Waals surface area contributed by atoms with Gasteiger partial charge in [-0.15, -0.1) is 0 Å². The zero-order valence-electron chi connectivity index (χ0n) is 41.8. The van der Waals surface area contributed by atoms with Crippen molar-refractivity contribution in [3.05, 3.63) is 0 Å². The summed E-state index contributed by atoms with van der Waals surface area (Å²) in [7, 11) is 0. The molecule has 0 aliphatic heterocycles. The van der Waals surface area contributed by atoms with Crippen molar-refractivity contribution in [1.82, 2.24) is 0 Å². The van der Waals surface area contributed by atoms with Gasteiger partial charge in [0.1, 0.15) is 6.10 Å². The molecule has 1 unspecified atom stereocenters. The largest absolute Gasteiger partial charge is 0.466 e. The molecule has 0 saturated heterocycles. The molecule has 0 aromatic rings. The molecule has 0 N–H and O–H groups in total. The Bertz CT molecular complexity index is 805. The summed E-state index contributed by atoms with van der Waals surface area (Å²) >= 11 is 0. The number of hydrogen-bond donors (Lipinski definition) is 0. The minimum absolute atomic E-state index is 0.00525. The van der Waals surface area contributed by atoms with Gasteiger partial charge in [0.15, 0.2) is 0 Å². The van der Waals surface area contributed by atoms with E-state index in [-0.39, 0.29) is 18.0 Å². The Kier molecular flexibility index (Phi) is 52.2. The Hall–Kier alpha value is -1.06. The van der Waals surface area contributed by atoms with Crippen LogP contribution in [0.15, 0.2) is 0 Å². The monoisotopic (exact) mass is 835 g/mol. The first-order chi connectivity index (χ1) is 28.8. The second-order valence-electron chi connectivity index (χ2n) is 19.2. The van der Waals surface area contributed by atoms with Crippen LogP contribution >= 0.6 is 0 Å². The van der Waals surface area contributed by atoms with E-state index in [2.05, 4.69) is 48.5 Å². The first-order valence-electron chi connectivity index (χ1n) is 27.1. The SMILES string of the molecule is CCCCCCCCCCCCCCCCCC(=O)OCCC(C)CCCC(C)C.CCCCCCCCCCCCCCCCCCCCCC(=O)OC(CC)CC. The van der Waals surface area contributed by atoms with Crippen molar-refractivity contribution in [2.24, 2.45) is 11.8 Å². The number of hydrogen-bond acceptors (Lipinski definition) is 4. The lowest BCUT2D eigenvalue weighted by molar-refractivity contribution is -0.149. The van der Waals surface area contributed by atoms with Gasteiger partial charge in [0.2, 0.25) is 0 Å². The van der Waals surface area contributed by atoms with Crippen molar-refractivity contribution in [3.63, 3.8) is 0 Å². The second-order valence-corrected chi connectivity index (χ2v) is 19.2. The molecule has 0 aliphatic carbocycles. The Morgan fingerprint density at radius 3 is 0.966 bits per heavy atom. The van der Waals surface area contributed by atoms with Crippen molar-refractivity contribution >= 4 is 11.9 Å². The molecule has 0 aromatic carbocycles. The van der Waals surface area contributed by atoms with Crippen LogP contribution in [0.25, 0.3) is 0 Å². The van der Waals surface area contributed by atoms with E-state index in [0.717, 1.165) is 38.0 Å². The third-order valence-electron chi connectivity index (χ3n) is 12.5. The second kappa shape index (κ2) is 51.3. The van der Waals surface area contributed by atoms with Gasteiger partial charge in [-0.1, -0.05) is 273 Å². The van der Waals surface area contributed by atoms with Gasteiger partial charge >= 0.3 is 11.9 Å². The summed E-state index contributed by atoms with van der Waals surface area (Å²) in [4.78, 5) is 23.6. The van der Waals surface area contributed by atoms with Crippen molar-refractivity contribution in [2.45, 2.75) is 324 Å². The summed E-state index contributed by atoms with van der Waals surface area (Å²) in [5, 5.41) is 0. The minimum atomic E-state index is 0.00525. The quantitative estimate of drug-likeness (QED) is 0.0453. The highest BCUT2D eigenvalue weighted by Crippen LogP contribution is 2.18. The van der Waals surface area contributed by atoms with Crippen molar-refractivity contribution in [1.29, 1.82) is 0 Å². The van der Waals surface area contributed by atoms with Crippen molar-refractivity contribution in [2.75, 3.05) is 6.61 Å². The van der Waals surface area contributed by atoms with E-state index in [1.807, 2.05) is 0 Å². The smallest absolute Gasteiger partial charge is 0.306 e. The first kappa shape index (κ1) is 60.0. The summed E-state index contributed by atoms with van der Waals surface area (Å²) in [5.41, 5.74) is 0. The van der Waals surface area contributed by atoms with E-state index in [9.17, 15) is 9.59 Å². The number of rotatable bonds is 46. The molecule has 0 bridgehead atoms. The summed E-state index contributed by atoms with van der Waals surface area (Å²) in [6, 6.07) is 0. The van der Waals surface area contributed by atoms with E-state index in [1.165, 1.54) is 225 Å². The van der Waals surface area contributed by atoms with E-state index < -0.39 is 0 Å². The van der Waals surface area contributed by atoms with Gasteiger partial charge in [0, 0.05) is 12.8 Å². The Balaban J connectivity index is 0. The Morgan fingerprint density at radius 1 is 0.356 bits per heavy atom. The summed E-state index contributed by atoms with van der Waals surface area (Å²) in [6.45, 7) is 16.2. The lowest BCUT2D eigenvalue weighted by Gasteiger charge is -2.13. The molecule has 4 nitrogen and oxygen atoms in total. The Morgan fingerprint density at radius 2 is 0.661 bits per heavy atom. The lowest BCUT2D eigenvalue weighted by Crippen LogP contribution is -2.16. The van der Waals surface area contributed by atoms with Crippen LogP contribution in [0, 0.1) is 11.8 Å². The number of carbonyl (C=O) groups is 2. The van der Waals surface area contributed by atoms with E-state index in [1.54, 1.807) is 0 Å². The molecule has 0 spiro atoms. The van der Waals surface area contributed by atoms with E-state index in [0.29, 0.717) is 25.4 Å². The van der Waals surface area contributed by atoms with Crippen molar-refractivity contribution < 1.29 is 19.1 Å². The minimum Gasteiger partial charge on any atom is -0.466 e. The molecule has 0 radical (unpaired) electrons. The van der Waals surface area contributed by atoms with Crippen molar-refractivity contribution in [3.8, 4) is 0 Å². The number of unbranched alkanes of at least 4 members (excludes halogenated alkanes) is 32. The molecule has 0 rings (SSSR count). The maximum absolute atomic E-state index is 11.8. The van der Waals surface area contributed by atoms with Gasteiger partial charge in [-0.2, -0.15) is 0 Å². The maximum atomic E-state index is 11.8. The van der Waals surface area contributed by atoms with Gasteiger partial charge in [-0.25, -0.2) is 0 Å². The summed E-state index contributed by atoms with van der Waals surface area (Å²) in [5.74, 6) is 1.48. The zero-order valence-corrected chi connectivity index (χ0v) is 41.8. The average molecular weight is 835 g/mol. The number of esters is 2. The third kappa shape index (κ3) is 53.0. The van der Waals surface area contributed by atoms with Crippen LogP contribution in [-0.2, 0) is 19.1 Å². The molecule has 0 fully saturated rings. The van der Waals surface area contributed by atoms with Gasteiger partial charge in [0.05, 0.1) is 6.61 Å². The van der Waals surface area contributed by atoms with Gasteiger partial charge in [-0.3, -0.25) is 9.59 Å². The fourth-order valence-electron chi connectivity index (χ4n) is 8.15. The van der Waals surface area contributed by atoms with Crippen LogP contribution in [0.5, 0.6) is 0 Å². The fraction of sp³-hybridized carbons (Fsp3) is 0.964. The molecule has 0 saturated carbocycles. The molecule has 0 heterocycles. The van der Waals surface area contributed by atoms with Crippen LogP contribution in [0.3, 0.4) is 0 Å². The molecular weight excluding hydrogens is 725 g/mol. The molecule has 0 amide bonds. The highest BCUT2D eigenvalue weighted by molar-refractivity contribution is 5.69. The van der Waals surface area contributed by atoms with Crippen LogP contribution in [0.2, 0.25) is 0 Å². The molecule has 4 heteroatoms. The van der Waals surface area contributed by atoms with Gasteiger partial charge < -0.3 is 9.47 Å². The van der Waals surface area contributed by atoms with Crippen LogP contribution in [-0.4, -0.2) is 24.6 Å². The highest BCUT2D eigenvalue weighted by Gasteiger charge is 2.10. The standard InChI is InChI=1S/C28H56O2.C27H54O2/c1-5-6-7-8-9-10-11-12-13-14-15-16-17-18-19-23-28(29)30-25-24-27(4)22-20-21-26(2)3;1-4-7-8-9-10-11-12-13-14-15-16-17-18-19-20-21-22-23-24-25-27(28)29-26(5-2)6-3/h26-27H,5-25H2,1-4H3;26H,4-25H2,1-3H3.